The molecule has 1 aliphatic heterocycles. The van der Waals surface area contributed by atoms with Gasteiger partial charge in [-0.25, -0.2) is 8.42 Å². The van der Waals surface area contributed by atoms with Crippen molar-refractivity contribution in [2.45, 2.75) is 18.9 Å². The molecule has 8 heteroatoms. The maximum Gasteiger partial charge on any atom is 0.292 e. The SMILES string of the molecule is CN(C)CCCN(C(=O)c1cc(-c2ccccc2)no1)C1CCS(=O)(=O)C1. The predicted molar refractivity (Wildman–Crippen MR) is 103 cm³/mol. The smallest absolute Gasteiger partial charge is 0.292 e. The van der Waals surface area contributed by atoms with Crippen molar-refractivity contribution in [1.29, 1.82) is 0 Å². The van der Waals surface area contributed by atoms with E-state index in [4.69, 9.17) is 4.52 Å². The minimum Gasteiger partial charge on any atom is -0.350 e. The third-order valence-corrected chi connectivity index (χ3v) is 6.46. The molecular weight excluding hydrogens is 366 g/mol. The molecule has 1 amide bonds. The number of carbonyl (C=O) groups is 1. The van der Waals surface area contributed by atoms with E-state index in [1.54, 1.807) is 11.0 Å². The number of amides is 1. The highest BCUT2D eigenvalue weighted by molar-refractivity contribution is 7.91. The number of hydrogen-bond donors (Lipinski definition) is 0. The highest BCUT2D eigenvalue weighted by atomic mass is 32.2. The van der Waals surface area contributed by atoms with Gasteiger partial charge in [0.25, 0.3) is 5.91 Å². The first-order valence-corrected chi connectivity index (χ1v) is 10.9. The number of hydrogen-bond acceptors (Lipinski definition) is 6. The third-order valence-electron chi connectivity index (χ3n) is 4.70. The highest BCUT2D eigenvalue weighted by Crippen LogP contribution is 2.23. The monoisotopic (exact) mass is 391 g/mol. The molecule has 0 N–H and O–H groups in total. The fourth-order valence-corrected chi connectivity index (χ4v) is 5.02. The Morgan fingerprint density at radius 3 is 2.59 bits per heavy atom. The summed E-state index contributed by atoms with van der Waals surface area (Å²) in [5.74, 6) is -0.0187. The van der Waals surface area contributed by atoms with Gasteiger partial charge in [-0.15, -0.1) is 0 Å². The second-order valence-electron chi connectivity index (χ2n) is 7.15. The van der Waals surface area contributed by atoms with Crippen molar-refractivity contribution in [2.24, 2.45) is 0 Å². The van der Waals surface area contributed by atoms with Gasteiger partial charge in [-0.05, 0) is 33.5 Å². The summed E-state index contributed by atoms with van der Waals surface area (Å²) in [4.78, 5) is 16.7. The fraction of sp³-hybridized carbons (Fsp3) is 0.474. The average Bonchev–Trinajstić information content (AvgIpc) is 3.25. The summed E-state index contributed by atoms with van der Waals surface area (Å²) in [7, 11) is 0.848. The molecule has 1 aromatic carbocycles. The van der Waals surface area contributed by atoms with Gasteiger partial charge in [0.2, 0.25) is 5.76 Å². The van der Waals surface area contributed by atoms with Crippen LogP contribution in [0.1, 0.15) is 23.4 Å². The molecule has 3 rings (SSSR count). The summed E-state index contributed by atoms with van der Waals surface area (Å²) >= 11 is 0. The lowest BCUT2D eigenvalue weighted by atomic mass is 10.1. The normalized spacial score (nSPS) is 18.7. The van der Waals surface area contributed by atoms with Crippen LogP contribution in [0.3, 0.4) is 0 Å². The van der Waals surface area contributed by atoms with E-state index < -0.39 is 9.84 Å². The van der Waals surface area contributed by atoms with E-state index in [0.717, 1.165) is 18.5 Å². The predicted octanol–water partition coefficient (Wildman–Crippen LogP) is 1.92. The maximum atomic E-state index is 13.0. The fourth-order valence-electron chi connectivity index (χ4n) is 3.29. The van der Waals surface area contributed by atoms with Crippen molar-refractivity contribution in [2.75, 3.05) is 38.7 Å². The minimum atomic E-state index is -3.09. The van der Waals surface area contributed by atoms with E-state index in [-0.39, 0.29) is 29.2 Å². The molecule has 0 bridgehead atoms. The second-order valence-corrected chi connectivity index (χ2v) is 9.38. The van der Waals surface area contributed by atoms with Crippen molar-refractivity contribution >= 4 is 15.7 Å². The summed E-state index contributed by atoms with van der Waals surface area (Å²) in [6.07, 6.45) is 1.23. The quantitative estimate of drug-likeness (QED) is 0.717. The first kappa shape index (κ1) is 19.6. The van der Waals surface area contributed by atoms with E-state index in [1.165, 1.54) is 0 Å². The summed E-state index contributed by atoms with van der Waals surface area (Å²) in [5.41, 5.74) is 1.45. The Morgan fingerprint density at radius 1 is 1.22 bits per heavy atom. The van der Waals surface area contributed by atoms with Crippen LogP contribution in [-0.2, 0) is 9.84 Å². The zero-order chi connectivity index (χ0) is 19.4. The Labute approximate surface area is 159 Å². The Kier molecular flexibility index (Phi) is 5.96. The van der Waals surface area contributed by atoms with Crippen LogP contribution in [0.2, 0.25) is 0 Å². The van der Waals surface area contributed by atoms with Crippen LogP contribution in [0, 0.1) is 0 Å². The molecule has 1 unspecified atom stereocenters. The zero-order valence-corrected chi connectivity index (χ0v) is 16.5. The summed E-state index contributed by atoms with van der Waals surface area (Å²) in [5, 5.41) is 4.00. The van der Waals surface area contributed by atoms with Gasteiger partial charge < -0.3 is 14.3 Å². The lowest BCUT2D eigenvalue weighted by Crippen LogP contribution is -2.42. The second kappa shape index (κ2) is 8.22. The van der Waals surface area contributed by atoms with Crippen LogP contribution < -0.4 is 0 Å². The summed E-state index contributed by atoms with van der Waals surface area (Å²) < 4.78 is 29.1. The lowest BCUT2D eigenvalue weighted by molar-refractivity contribution is 0.0648. The molecule has 1 aromatic heterocycles. The number of sulfone groups is 1. The minimum absolute atomic E-state index is 0.0143. The largest absolute Gasteiger partial charge is 0.350 e. The standard InChI is InChI=1S/C19H25N3O4S/c1-21(2)10-6-11-22(16-9-12-27(24,25)14-16)19(23)18-13-17(20-26-18)15-7-4-3-5-8-15/h3-5,7-8,13,16H,6,9-12,14H2,1-2H3. The van der Waals surface area contributed by atoms with Crippen LogP contribution in [0.15, 0.2) is 40.9 Å². The van der Waals surface area contributed by atoms with Crippen molar-refractivity contribution in [1.82, 2.24) is 15.0 Å². The molecule has 2 heterocycles. The Balaban J connectivity index is 1.79. The number of benzene rings is 1. The molecule has 7 nitrogen and oxygen atoms in total. The van der Waals surface area contributed by atoms with Gasteiger partial charge in [-0.1, -0.05) is 35.5 Å². The van der Waals surface area contributed by atoms with Crippen molar-refractivity contribution in [3.8, 4) is 11.3 Å². The van der Waals surface area contributed by atoms with Gasteiger partial charge in [-0.2, -0.15) is 0 Å². The van der Waals surface area contributed by atoms with Gasteiger partial charge in [-0.3, -0.25) is 4.79 Å². The average molecular weight is 391 g/mol. The lowest BCUT2D eigenvalue weighted by Gasteiger charge is -2.27. The van der Waals surface area contributed by atoms with Gasteiger partial charge in [0.05, 0.1) is 11.5 Å². The Morgan fingerprint density at radius 2 is 1.96 bits per heavy atom. The van der Waals surface area contributed by atoms with Gasteiger partial charge in [0, 0.05) is 24.2 Å². The molecule has 1 aliphatic rings. The zero-order valence-electron chi connectivity index (χ0n) is 15.7. The topological polar surface area (TPSA) is 83.7 Å². The van der Waals surface area contributed by atoms with E-state index in [9.17, 15) is 13.2 Å². The van der Waals surface area contributed by atoms with E-state index >= 15 is 0 Å². The Bertz CT molecular complexity index is 877. The maximum absolute atomic E-state index is 13.0. The molecule has 146 valence electrons. The molecule has 0 spiro atoms. The van der Waals surface area contributed by atoms with Crippen LogP contribution in [0.4, 0.5) is 0 Å². The van der Waals surface area contributed by atoms with Crippen LogP contribution in [0.5, 0.6) is 0 Å². The number of rotatable bonds is 7. The molecule has 1 fully saturated rings. The summed E-state index contributed by atoms with van der Waals surface area (Å²) in [6.45, 7) is 1.30. The van der Waals surface area contributed by atoms with Crippen LogP contribution in [-0.4, -0.2) is 74.0 Å². The van der Waals surface area contributed by atoms with E-state index in [0.29, 0.717) is 18.7 Å². The third kappa shape index (κ3) is 4.95. The first-order valence-electron chi connectivity index (χ1n) is 9.04. The molecular formula is C19H25N3O4S. The van der Waals surface area contributed by atoms with Gasteiger partial charge >= 0.3 is 0 Å². The van der Waals surface area contributed by atoms with Crippen LogP contribution in [0.25, 0.3) is 11.3 Å². The Hall–Kier alpha value is -2.19. The molecule has 1 saturated heterocycles. The van der Waals surface area contributed by atoms with E-state index in [1.807, 2.05) is 49.3 Å². The first-order chi connectivity index (χ1) is 12.9. The summed E-state index contributed by atoms with van der Waals surface area (Å²) in [6, 6.07) is 10.8. The van der Waals surface area contributed by atoms with Gasteiger partial charge in [0.15, 0.2) is 9.84 Å². The van der Waals surface area contributed by atoms with E-state index in [2.05, 4.69) is 5.16 Å². The van der Waals surface area contributed by atoms with Gasteiger partial charge in [0.1, 0.15) is 5.69 Å². The molecule has 1 atom stereocenters. The molecule has 27 heavy (non-hydrogen) atoms. The van der Waals surface area contributed by atoms with Crippen molar-refractivity contribution < 1.29 is 17.7 Å². The molecule has 0 radical (unpaired) electrons. The number of carbonyl (C=O) groups excluding carboxylic acids is 1. The molecule has 0 saturated carbocycles. The van der Waals surface area contributed by atoms with Crippen molar-refractivity contribution in [3.63, 3.8) is 0 Å². The van der Waals surface area contributed by atoms with Crippen molar-refractivity contribution in [3.05, 3.63) is 42.2 Å². The highest BCUT2D eigenvalue weighted by Gasteiger charge is 2.36. The van der Waals surface area contributed by atoms with Crippen LogP contribution >= 0.6 is 0 Å². The molecule has 0 aliphatic carbocycles. The number of nitrogens with zero attached hydrogens (tertiary/aromatic N) is 3. The molecule has 2 aromatic rings. The number of aromatic nitrogens is 1.